The van der Waals surface area contributed by atoms with Crippen molar-refractivity contribution in [2.75, 3.05) is 37.4 Å². The lowest BCUT2D eigenvalue weighted by molar-refractivity contribution is 0.131. The number of nitrogens with one attached hydrogen (secondary N) is 1. The van der Waals surface area contributed by atoms with Crippen LogP contribution in [0.25, 0.3) is 0 Å². The van der Waals surface area contributed by atoms with Crippen LogP contribution in [0.15, 0.2) is 0 Å². The van der Waals surface area contributed by atoms with E-state index in [1.165, 1.54) is 29.0 Å². The number of aromatic nitrogens is 2. The Bertz CT molecular complexity index is 749. The summed E-state index contributed by atoms with van der Waals surface area (Å²) in [6.07, 6.45) is 7.05. The minimum atomic E-state index is -1.61. The Kier molecular flexibility index (Phi) is 7.80. The first-order valence-corrected chi connectivity index (χ1v) is 11.6. The van der Waals surface area contributed by atoms with Gasteiger partial charge in [-0.1, -0.05) is 34.8 Å². The van der Waals surface area contributed by atoms with E-state index < -0.39 is 9.89 Å². The molecular weight excluding hydrogens is 449 g/mol. The molecule has 0 bridgehead atoms. The van der Waals surface area contributed by atoms with Crippen LogP contribution in [0, 0.1) is 5.92 Å². The first kappa shape index (κ1) is 23.5. The van der Waals surface area contributed by atoms with E-state index in [0.29, 0.717) is 12.5 Å². The molecule has 0 atom stereocenters. The number of nitrogens with zero attached hydrogens (tertiary/aromatic N) is 4. The maximum atomic E-state index is 11.5. The number of hydrogen-bond acceptors (Lipinski definition) is 5. The second-order valence-corrected chi connectivity index (χ2v) is 11.1. The topological polar surface area (TPSA) is 81.6 Å². The molecule has 0 saturated heterocycles. The van der Waals surface area contributed by atoms with Crippen molar-refractivity contribution in [1.29, 1.82) is 0 Å². The fraction of sp³-hybridized carbons (Fsp3) is 0.750. The number of fused-ring (bicyclic) bond motifs is 1. The number of halogens is 3. The van der Waals surface area contributed by atoms with Gasteiger partial charge in [-0.15, -0.1) is 0 Å². The number of carbonyl (C=O) groups is 1. The van der Waals surface area contributed by atoms with Gasteiger partial charge in [0.15, 0.2) is 0 Å². The Labute approximate surface area is 193 Å². The SMILES string of the molecule is CN(C)c1nc(N[C@H]2CC[C@@H](CN(CC(Cl)(Cl)Cl)C(=O)O)CC2)nc2c1CCCC2. The van der Waals surface area contributed by atoms with Crippen LogP contribution in [0.2, 0.25) is 0 Å². The van der Waals surface area contributed by atoms with Crippen molar-refractivity contribution in [3.8, 4) is 0 Å². The Hall–Kier alpha value is -1.18. The zero-order valence-electron chi connectivity index (χ0n) is 17.5. The number of alkyl halides is 3. The molecule has 1 aromatic rings. The maximum absolute atomic E-state index is 11.5. The van der Waals surface area contributed by atoms with Crippen LogP contribution < -0.4 is 10.2 Å². The van der Waals surface area contributed by atoms with Gasteiger partial charge in [0, 0.05) is 32.2 Å². The number of amides is 1. The standard InChI is InChI=1S/C20H30Cl3N5O2/c1-27(2)17-15-5-3-4-6-16(15)25-18(26-17)24-14-9-7-13(8-10-14)11-28(19(29)30)12-20(21,22)23/h13-14H,3-12H2,1-2H3,(H,29,30)(H,24,25,26)/t13-,14+. The van der Waals surface area contributed by atoms with Crippen LogP contribution >= 0.6 is 34.8 Å². The molecule has 3 rings (SSSR count). The number of anilines is 2. The summed E-state index contributed by atoms with van der Waals surface area (Å²) in [5.41, 5.74) is 2.45. The smallest absolute Gasteiger partial charge is 0.407 e. The van der Waals surface area contributed by atoms with Crippen molar-refractivity contribution in [2.45, 2.75) is 61.2 Å². The summed E-state index contributed by atoms with van der Waals surface area (Å²) in [5.74, 6) is 1.97. The molecule has 1 saturated carbocycles. The van der Waals surface area contributed by atoms with Crippen molar-refractivity contribution in [3.05, 3.63) is 11.3 Å². The third-order valence-electron chi connectivity index (χ3n) is 5.88. The zero-order valence-corrected chi connectivity index (χ0v) is 19.8. The highest BCUT2D eigenvalue weighted by Gasteiger charge is 2.30. The second kappa shape index (κ2) is 9.96. The second-order valence-electron chi connectivity index (χ2n) is 8.54. The number of carboxylic acid groups (broad SMARTS) is 1. The lowest BCUT2D eigenvalue weighted by atomic mass is 9.85. The molecule has 1 heterocycles. The molecule has 2 N–H and O–H groups in total. The minimum absolute atomic E-state index is 0.124. The van der Waals surface area contributed by atoms with Crippen LogP contribution in [0.5, 0.6) is 0 Å². The highest BCUT2D eigenvalue weighted by atomic mass is 35.6. The van der Waals surface area contributed by atoms with Crippen molar-refractivity contribution in [2.24, 2.45) is 5.92 Å². The summed E-state index contributed by atoms with van der Waals surface area (Å²) in [6, 6.07) is 0.282. The normalized spacial score (nSPS) is 21.6. The summed E-state index contributed by atoms with van der Waals surface area (Å²) < 4.78 is -1.61. The average Bonchev–Trinajstić information content (AvgIpc) is 2.67. The summed E-state index contributed by atoms with van der Waals surface area (Å²) >= 11 is 17.4. The molecule has 0 aromatic carbocycles. The van der Waals surface area contributed by atoms with E-state index in [1.807, 2.05) is 14.1 Å². The molecule has 2 aliphatic carbocycles. The molecule has 168 valence electrons. The quantitative estimate of drug-likeness (QED) is 0.575. The highest BCUT2D eigenvalue weighted by molar-refractivity contribution is 6.67. The average molecular weight is 479 g/mol. The molecule has 0 spiro atoms. The minimum Gasteiger partial charge on any atom is -0.465 e. The van der Waals surface area contributed by atoms with Gasteiger partial charge in [0.05, 0.1) is 12.2 Å². The Balaban J connectivity index is 1.58. The van der Waals surface area contributed by atoms with Gasteiger partial charge in [0.1, 0.15) is 5.82 Å². The third kappa shape index (κ3) is 6.41. The number of aryl methyl sites for hydroxylation is 1. The summed E-state index contributed by atoms with van der Waals surface area (Å²) in [6.45, 7) is 0.261. The highest BCUT2D eigenvalue weighted by Crippen LogP contribution is 2.32. The Morgan fingerprint density at radius 2 is 1.80 bits per heavy atom. The lowest BCUT2D eigenvalue weighted by Crippen LogP contribution is -2.41. The molecule has 0 radical (unpaired) electrons. The van der Waals surface area contributed by atoms with Gasteiger partial charge in [-0.05, 0) is 57.3 Å². The molecule has 1 fully saturated rings. The van der Waals surface area contributed by atoms with Crippen LogP contribution in [-0.4, -0.2) is 63.1 Å². The monoisotopic (exact) mass is 477 g/mol. The van der Waals surface area contributed by atoms with Crippen LogP contribution in [-0.2, 0) is 12.8 Å². The zero-order chi connectivity index (χ0) is 21.9. The maximum Gasteiger partial charge on any atom is 0.407 e. The molecule has 2 aliphatic rings. The van der Waals surface area contributed by atoms with Gasteiger partial charge < -0.3 is 20.2 Å². The van der Waals surface area contributed by atoms with Gasteiger partial charge in [-0.3, -0.25) is 0 Å². The Morgan fingerprint density at radius 3 is 2.40 bits per heavy atom. The van der Waals surface area contributed by atoms with Crippen LogP contribution in [0.4, 0.5) is 16.6 Å². The van der Waals surface area contributed by atoms with E-state index >= 15 is 0 Å². The largest absolute Gasteiger partial charge is 0.465 e. The van der Waals surface area contributed by atoms with Gasteiger partial charge in [-0.25, -0.2) is 9.78 Å². The van der Waals surface area contributed by atoms with Crippen LogP contribution in [0.3, 0.4) is 0 Å². The molecule has 1 aromatic heterocycles. The first-order chi connectivity index (χ1) is 14.1. The van der Waals surface area contributed by atoms with Crippen molar-refractivity contribution in [1.82, 2.24) is 14.9 Å². The van der Waals surface area contributed by atoms with Crippen molar-refractivity contribution < 1.29 is 9.90 Å². The van der Waals surface area contributed by atoms with Gasteiger partial charge in [0.2, 0.25) is 9.74 Å². The molecule has 30 heavy (non-hydrogen) atoms. The van der Waals surface area contributed by atoms with E-state index in [4.69, 9.17) is 44.8 Å². The lowest BCUT2D eigenvalue weighted by Gasteiger charge is -2.33. The van der Waals surface area contributed by atoms with Gasteiger partial charge in [0.25, 0.3) is 0 Å². The Morgan fingerprint density at radius 1 is 1.13 bits per heavy atom. The summed E-state index contributed by atoms with van der Waals surface area (Å²) in [4.78, 5) is 24.3. The van der Waals surface area contributed by atoms with E-state index in [9.17, 15) is 9.90 Å². The van der Waals surface area contributed by atoms with E-state index in [2.05, 4.69) is 10.2 Å². The number of hydrogen-bond donors (Lipinski definition) is 2. The predicted molar refractivity (Wildman–Crippen MR) is 122 cm³/mol. The number of rotatable bonds is 6. The molecular formula is C20H30Cl3N5O2. The predicted octanol–water partition coefficient (Wildman–Crippen LogP) is 4.74. The fourth-order valence-electron chi connectivity index (χ4n) is 4.42. The summed E-state index contributed by atoms with van der Waals surface area (Å²) in [5, 5.41) is 12.9. The van der Waals surface area contributed by atoms with Crippen molar-refractivity contribution >= 4 is 52.7 Å². The molecule has 10 heteroatoms. The van der Waals surface area contributed by atoms with E-state index in [0.717, 1.165) is 44.3 Å². The molecule has 0 unspecified atom stereocenters. The molecule has 1 amide bonds. The molecule has 7 nitrogen and oxygen atoms in total. The fourth-order valence-corrected chi connectivity index (χ4v) is 4.85. The van der Waals surface area contributed by atoms with Crippen LogP contribution in [0.1, 0.15) is 49.8 Å². The third-order valence-corrected chi connectivity index (χ3v) is 6.24. The molecule has 0 aliphatic heterocycles. The van der Waals surface area contributed by atoms with Gasteiger partial charge in [-0.2, -0.15) is 4.98 Å². The summed E-state index contributed by atoms with van der Waals surface area (Å²) in [7, 11) is 4.05. The van der Waals surface area contributed by atoms with Gasteiger partial charge >= 0.3 is 6.09 Å². The van der Waals surface area contributed by atoms with Crippen molar-refractivity contribution in [3.63, 3.8) is 0 Å². The first-order valence-electron chi connectivity index (χ1n) is 10.5. The van der Waals surface area contributed by atoms with E-state index in [1.54, 1.807) is 0 Å². The van der Waals surface area contributed by atoms with E-state index in [-0.39, 0.29) is 18.5 Å².